The molecule has 0 radical (unpaired) electrons. The SMILES string of the molecule is CC(C)(CNCc1ccncn1)NC(=O)OC(C)(C)C. The minimum absolute atomic E-state index is 0.407. The molecule has 1 rings (SSSR count). The second kappa shape index (κ2) is 6.65. The highest BCUT2D eigenvalue weighted by molar-refractivity contribution is 5.68. The largest absolute Gasteiger partial charge is 0.444 e. The lowest BCUT2D eigenvalue weighted by Crippen LogP contribution is -2.51. The highest BCUT2D eigenvalue weighted by atomic mass is 16.6. The van der Waals surface area contributed by atoms with Crippen molar-refractivity contribution in [1.29, 1.82) is 0 Å². The average Bonchev–Trinajstić information content (AvgIpc) is 2.26. The molecule has 6 nitrogen and oxygen atoms in total. The molecular weight excluding hydrogens is 256 g/mol. The summed E-state index contributed by atoms with van der Waals surface area (Å²) >= 11 is 0. The van der Waals surface area contributed by atoms with Gasteiger partial charge in [-0.1, -0.05) is 0 Å². The van der Waals surface area contributed by atoms with Gasteiger partial charge in [0.25, 0.3) is 0 Å². The monoisotopic (exact) mass is 280 g/mol. The smallest absolute Gasteiger partial charge is 0.408 e. The summed E-state index contributed by atoms with van der Waals surface area (Å²) in [4.78, 5) is 19.7. The van der Waals surface area contributed by atoms with Crippen molar-refractivity contribution in [3.8, 4) is 0 Å². The number of ether oxygens (including phenoxy) is 1. The molecule has 0 spiro atoms. The second-order valence-corrected chi connectivity index (χ2v) is 6.32. The Balaban J connectivity index is 2.36. The van der Waals surface area contributed by atoms with Gasteiger partial charge in [0.1, 0.15) is 11.9 Å². The summed E-state index contributed by atoms with van der Waals surface area (Å²) in [7, 11) is 0. The predicted octanol–water partition coefficient (Wildman–Crippen LogP) is 1.87. The molecule has 0 bridgehead atoms. The van der Waals surface area contributed by atoms with E-state index in [1.54, 1.807) is 6.20 Å². The Morgan fingerprint density at radius 3 is 2.55 bits per heavy atom. The third-order valence-corrected chi connectivity index (χ3v) is 2.36. The van der Waals surface area contributed by atoms with Crippen LogP contribution in [0.5, 0.6) is 0 Å². The van der Waals surface area contributed by atoms with E-state index in [0.717, 1.165) is 5.69 Å². The molecule has 0 aromatic carbocycles. The number of hydrogen-bond acceptors (Lipinski definition) is 5. The first-order valence-electron chi connectivity index (χ1n) is 6.65. The van der Waals surface area contributed by atoms with Crippen LogP contribution in [0.25, 0.3) is 0 Å². The Hall–Kier alpha value is -1.69. The number of rotatable bonds is 5. The molecule has 0 aliphatic heterocycles. The molecule has 1 heterocycles. The van der Waals surface area contributed by atoms with E-state index in [4.69, 9.17) is 4.74 Å². The van der Waals surface area contributed by atoms with Crippen LogP contribution < -0.4 is 10.6 Å². The fourth-order valence-electron chi connectivity index (χ4n) is 1.55. The number of aromatic nitrogens is 2. The molecule has 1 aromatic heterocycles. The number of amides is 1. The number of carbonyl (C=O) groups excluding carboxylic acids is 1. The van der Waals surface area contributed by atoms with Crippen LogP contribution in [0.4, 0.5) is 4.79 Å². The number of nitrogens with one attached hydrogen (secondary N) is 2. The molecule has 0 aliphatic rings. The van der Waals surface area contributed by atoms with Gasteiger partial charge in [0.05, 0.1) is 11.2 Å². The molecule has 0 aliphatic carbocycles. The van der Waals surface area contributed by atoms with Crippen LogP contribution in [0.2, 0.25) is 0 Å². The van der Waals surface area contributed by atoms with Gasteiger partial charge in [-0.25, -0.2) is 14.8 Å². The first kappa shape index (κ1) is 16.4. The van der Waals surface area contributed by atoms with E-state index in [-0.39, 0.29) is 0 Å². The van der Waals surface area contributed by atoms with E-state index in [1.165, 1.54) is 6.33 Å². The molecule has 20 heavy (non-hydrogen) atoms. The Kier molecular flexibility index (Phi) is 5.44. The number of carbonyl (C=O) groups is 1. The van der Waals surface area contributed by atoms with E-state index in [1.807, 2.05) is 40.7 Å². The van der Waals surface area contributed by atoms with Crippen LogP contribution in [0.1, 0.15) is 40.3 Å². The Labute approximate surface area is 120 Å². The Bertz CT molecular complexity index is 427. The zero-order chi connectivity index (χ0) is 15.2. The molecule has 2 N–H and O–H groups in total. The lowest BCUT2D eigenvalue weighted by atomic mass is 10.1. The van der Waals surface area contributed by atoms with E-state index in [2.05, 4.69) is 20.6 Å². The van der Waals surface area contributed by atoms with Crippen LogP contribution in [0.15, 0.2) is 18.6 Å². The van der Waals surface area contributed by atoms with Gasteiger partial charge in [-0.2, -0.15) is 0 Å². The topological polar surface area (TPSA) is 76.1 Å². The van der Waals surface area contributed by atoms with Crippen molar-refractivity contribution < 1.29 is 9.53 Å². The summed E-state index contributed by atoms with van der Waals surface area (Å²) in [5.74, 6) is 0. The molecule has 1 aromatic rings. The van der Waals surface area contributed by atoms with Crippen LogP contribution in [0, 0.1) is 0 Å². The average molecular weight is 280 g/mol. The van der Waals surface area contributed by atoms with Crippen molar-refractivity contribution in [2.24, 2.45) is 0 Å². The maximum atomic E-state index is 11.7. The van der Waals surface area contributed by atoms with Gasteiger partial charge in [-0.15, -0.1) is 0 Å². The van der Waals surface area contributed by atoms with Crippen molar-refractivity contribution in [3.05, 3.63) is 24.3 Å². The summed E-state index contributed by atoms with van der Waals surface area (Å²) in [6.45, 7) is 10.6. The first-order chi connectivity index (χ1) is 9.18. The number of alkyl carbamates (subject to hydrolysis) is 1. The predicted molar refractivity (Wildman–Crippen MR) is 77.2 cm³/mol. The van der Waals surface area contributed by atoms with Crippen molar-refractivity contribution in [2.45, 2.75) is 52.3 Å². The molecule has 0 saturated heterocycles. The lowest BCUT2D eigenvalue weighted by Gasteiger charge is -2.28. The standard InChI is InChI=1S/C14H24N4O2/c1-13(2,3)20-12(19)18-14(4,5)9-16-8-11-6-7-15-10-17-11/h6-7,10,16H,8-9H2,1-5H3,(H,18,19). The Morgan fingerprint density at radius 1 is 1.30 bits per heavy atom. The Morgan fingerprint density at radius 2 is 2.00 bits per heavy atom. The third kappa shape index (κ3) is 7.04. The zero-order valence-corrected chi connectivity index (χ0v) is 12.9. The summed E-state index contributed by atoms with van der Waals surface area (Å²) in [6.07, 6.45) is 2.81. The van der Waals surface area contributed by atoms with Gasteiger partial charge >= 0.3 is 6.09 Å². The summed E-state index contributed by atoms with van der Waals surface area (Å²) < 4.78 is 5.24. The normalized spacial score (nSPS) is 12.1. The fraction of sp³-hybridized carbons (Fsp3) is 0.643. The van der Waals surface area contributed by atoms with Crippen molar-refractivity contribution in [3.63, 3.8) is 0 Å². The summed E-state index contributed by atoms with van der Waals surface area (Å²) in [5, 5.41) is 6.09. The second-order valence-electron chi connectivity index (χ2n) is 6.32. The third-order valence-electron chi connectivity index (χ3n) is 2.36. The highest BCUT2D eigenvalue weighted by Gasteiger charge is 2.24. The summed E-state index contributed by atoms with van der Waals surface area (Å²) in [5.41, 5.74) is 0.0114. The van der Waals surface area contributed by atoms with Crippen molar-refractivity contribution >= 4 is 6.09 Å². The molecular formula is C14H24N4O2. The van der Waals surface area contributed by atoms with Crippen molar-refractivity contribution in [2.75, 3.05) is 6.54 Å². The van der Waals surface area contributed by atoms with Gasteiger partial charge in [-0.05, 0) is 40.7 Å². The molecule has 0 fully saturated rings. The van der Waals surface area contributed by atoms with Crippen LogP contribution in [-0.2, 0) is 11.3 Å². The highest BCUT2D eigenvalue weighted by Crippen LogP contribution is 2.09. The van der Waals surface area contributed by atoms with Crippen molar-refractivity contribution in [1.82, 2.24) is 20.6 Å². The molecule has 0 atom stereocenters. The molecule has 6 heteroatoms. The quantitative estimate of drug-likeness (QED) is 0.861. The van der Waals surface area contributed by atoms with Gasteiger partial charge in [0.15, 0.2) is 0 Å². The van der Waals surface area contributed by atoms with Gasteiger partial charge in [0, 0.05) is 19.3 Å². The van der Waals surface area contributed by atoms with Gasteiger partial charge in [0.2, 0.25) is 0 Å². The van der Waals surface area contributed by atoms with E-state index < -0.39 is 17.2 Å². The van der Waals surface area contributed by atoms with E-state index >= 15 is 0 Å². The molecule has 0 saturated carbocycles. The first-order valence-corrected chi connectivity index (χ1v) is 6.65. The van der Waals surface area contributed by atoms with Gasteiger partial charge in [-0.3, -0.25) is 0 Å². The minimum atomic E-state index is -0.492. The molecule has 0 unspecified atom stereocenters. The maximum Gasteiger partial charge on any atom is 0.408 e. The summed E-state index contributed by atoms with van der Waals surface area (Å²) in [6, 6.07) is 1.85. The molecule has 112 valence electrons. The maximum absolute atomic E-state index is 11.7. The van der Waals surface area contributed by atoms with Crippen LogP contribution >= 0.6 is 0 Å². The van der Waals surface area contributed by atoms with E-state index in [9.17, 15) is 4.79 Å². The number of nitrogens with zero attached hydrogens (tertiary/aromatic N) is 2. The van der Waals surface area contributed by atoms with Crippen LogP contribution in [0.3, 0.4) is 0 Å². The lowest BCUT2D eigenvalue weighted by molar-refractivity contribution is 0.0472. The van der Waals surface area contributed by atoms with E-state index in [0.29, 0.717) is 13.1 Å². The minimum Gasteiger partial charge on any atom is -0.444 e. The zero-order valence-electron chi connectivity index (χ0n) is 12.9. The fourth-order valence-corrected chi connectivity index (χ4v) is 1.55. The van der Waals surface area contributed by atoms with Gasteiger partial charge < -0.3 is 15.4 Å². The number of hydrogen-bond donors (Lipinski definition) is 2. The van der Waals surface area contributed by atoms with Crippen LogP contribution in [-0.4, -0.2) is 33.7 Å². The molecule has 1 amide bonds.